The number of esters is 1. The second-order valence-corrected chi connectivity index (χ2v) is 7.11. The van der Waals surface area contributed by atoms with E-state index < -0.39 is 0 Å². The van der Waals surface area contributed by atoms with Crippen molar-refractivity contribution < 1.29 is 23.3 Å². The van der Waals surface area contributed by atoms with Crippen LogP contribution in [0.15, 0.2) is 69.8 Å². The Labute approximate surface area is 173 Å². The van der Waals surface area contributed by atoms with Gasteiger partial charge in [0.15, 0.2) is 5.76 Å². The van der Waals surface area contributed by atoms with Crippen LogP contribution in [0.1, 0.15) is 24.1 Å². The van der Waals surface area contributed by atoms with Crippen molar-refractivity contribution in [3.05, 3.63) is 72.1 Å². The molecular weight excluding hydrogens is 384 g/mol. The van der Waals surface area contributed by atoms with Crippen LogP contribution in [0.25, 0.3) is 17.6 Å². The third-order valence-corrected chi connectivity index (χ3v) is 5.04. The molecule has 0 bridgehead atoms. The molecule has 2 aromatic heterocycles. The first kappa shape index (κ1) is 19.7. The summed E-state index contributed by atoms with van der Waals surface area (Å²) in [5.74, 6) is 0.520. The first-order chi connectivity index (χ1) is 14.7. The average molecular weight is 406 g/mol. The molecule has 4 rings (SSSR count). The number of piperidine rings is 1. The number of hydrogen-bond acceptors (Lipinski definition) is 6. The van der Waals surface area contributed by atoms with E-state index in [0.717, 1.165) is 5.56 Å². The zero-order valence-electron chi connectivity index (χ0n) is 16.4. The molecular formula is C23H22N2O5. The zero-order chi connectivity index (χ0) is 20.8. The number of likely N-dealkylation sites (tertiary alicyclic amines) is 1. The normalized spacial score (nSPS) is 14.9. The number of aromatic nitrogens is 1. The van der Waals surface area contributed by atoms with Gasteiger partial charge in [-0.1, -0.05) is 35.5 Å². The maximum absolute atomic E-state index is 12.4. The van der Waals surface area contributed by atoms with Crippen LogP contribution in [-0.2, 0) is 20.9 Å². The summed E-state index contributed by atoms with van der Waals surface area (Å²) in [4.78, 5) is 26.5. The van der Waals surface area contributed by atoms with Crippen molar-refractivity contribution in [2.75, 3.05) is 13.1 Å². The molecule has 0 spiro atoms. The van der Waals surface area contributed by atoms with E-state index in [2.05, 4.69) is 5.16 Å². The van der Waals surface area contributed by atoms with Crippen LogP contribution in [0.5, 0.6) is 0 Å². The Hall–Kier alpha value is -3.61. The highest BCUT2D eigenvalue weighted by Crippen LogP contribution is 2.22. The number of carbonyl (C=O) groups is 2. The summed E-state index contributed by atoms with van der Waals surface area (Å²) in [5, 5.41) is 3.90. The number of furan rings is 1. The number of rotatable bonds is 6. The minimum Gasteiger partial charge on any atom is -0.461 e. The van der Waals surface area contributed by atoms with Crippen LogP contribution >= 0.6 is 0 Å². The van der Waals surface area contributed by atoms with Gasteiger partial charge in [0.25, 0.3) is 0 Å². The minimum absolute atomic E-state index is 0.0428. The van der Waals surface area contributed by atoms with Crippen LogP contribution in [0.2, 0.25) is 0 Å². The van der Waals surface area contributed by atoms with Crippen LogP contribution in [0.4, 0.5) is 0 Å². The van der Waals surface area contributed by atoms with E-state index in [1.807, 2.05) is 30.3 Å². The molecule has 1 amide bonds. The van der Waals surface area contributed by atoms with Crippen molar-refractivity contribution in [1.29, 1.82) is 0 Å². The molecule has 3 aromatic rings. The van der Waals surface area contributed by atoms with Gasteiger partial charge in [-0.05, 0) is 36.6 Å². The molecule has 0 aliphatic carbocycles. The van der Waals surface area contributed by atoms with E-state index in [-0.39, 0.29) is 24.4 Å². The summed E-state index contributed by atoms with van der Waals surface area (Å²) in [5.41, 5.74) is 1.50. The summed E-state index contributed by atoms with van der Waals surface area (Å²) >= 11 is 0. The van der Waals surface area contributed by atoms with E-state index in [4.69, 9.17) is 13.7 Å². The highest BCUT2D eigenvalue weighted by atomic mass is 16.5. The van der Waals surface area contributed by atoms with Gasteiger partial charge >= 0.3 is 5.97 Å². The molecule has 0 N–H and O–H groups in total. The molecule has 1 aromatic carbocycles. The second kappa shape index (κ2) is 9.26. The Bertz CT molecular complexity index is 999. The number of ether oxygens (including phenoxy) is 1. The minimum atomic E-state index is -0.274. The Morgan fingerprint density at radius 3 is 2.63 bits per heavy atom. The standard InChI is InChI=1S/C23H22N2O5/c26-22(9-8-17-5-2-1-3-6-17)25-12-10-18(11-13-25)23(27)29-16-19-15-21(30-24-19)20-7-4-14-28-20/h1-9,14-15,18H,10-13,16H2/b9-8+. The second-order valence-electron chi connectivity index (χ2n) is 7.11. The van der Waals surface area contributed by atoms with E-state index in [1.165, 1.54) is 0 Å². The van der Waals surface area contributed by atoms with E-state index in [1.54, 1.807) is 41.5 Å². The van der Waals surface area contributed by atoms with Gasteiger partial charge in [-0.25, -0.2) is 0 Å². The lowest BCUT2D eigenvalue weighted by atomic mass is 9.97. The number of benzene rings is 1. The van der Waals surface area contributed by atoms with Gasteiger partial charge < -0.3 is 18.6 Å². The Morgan fingerprint density at radius 2 is 1.90 bits per heavy atom. The molecule has 1 saturated heterocycles. The largest absolute Gasteiger partial charge is 0.461 e. The van der Waals surface area contributed by atoms with Gasteiger partial charge in [0.1, 0.15) is 12.3 Å². The fraction of sp³-hybridized carbons (Fsp3) is 0.261. The SMILES string of the molecule is O=C(OCc1cc(-c2ccco2)on1)C1CCN(C(=O)/C=C/c2ccccc2)CC1. The van der Waals surface area contributed by atoms with Gasteiger partial charge in [0.2, 0.25) is 11.7 Å². The van der Waals surface area contributed by atoms with E-state index >= 15 is 0 Å². The molecule has 154 valence electrons. The summed E-state index contributed by atoms with van der Waals surface area (Å²) in [7, 11) is 0. The highest BCUT2D eigenvalue weighted by Gasteiger charge is 2.28. The Morgan fingerprint density at radius 1 is 1.10 bits per heavy atom. The summed E-state index contributed by atoms with van der Waals surface area (Å²) in [6, 6.07) is 14.9. The molecule has 0 saturated carbocycles. The molecule has 0 atom stereocenters. The van der Waals surface area contributed by atoms with E-state index in [9.17, 15) is 9.59 Å². The molecule has 0 radical (unpaired) electrons. The fourth-order valence-corrected chi connectivity index (χ4v) is 3.35. The monoisotopic (exact) mass is 406 g/mol. The number of hydrogen-bond donors (Lipinski definition) is 0. The zero-order valence-corrected chi connectivity index (χ0v) is 16.4. The van der Waals surface area contributed by atoms with Crippen molar-refractivity contribution in [2.45, 2.75) is 19.4 Å². The number of nitrogens with zero attached hydrogens (tertiary/aromatic N) is 2. The first-order valence-corrected chi connectivity index (χ1v) is 9.87. The summed E-state index contributed by atoms with van der Waals surface area (Å²) in [6.07, 6.45) is 6.10. The van der Waals surface area contributed by atoms with Crippen LogP contribution in [0, 0.1) is 5.92 Å². The number of amides is 1. The van der Waals surface area contributed by atoms with Gasteiger partial charge in [0.05, 0.1) is 12.2 Å². The van der Waals surface area contributed by atoms with Gasteiger partial charge in [0, 0.05) is 25.2 Å². The molecule has 3 heterocycles. The van der Waals surface area contributed by atoms with Crippen molar-refractivity contribution in [3.63, 3.8) is 0 Å². The molecule has 1 fully saturated rings. The lowest BCUT2D eigenvalue weighted by Gasteiger charge is -2.30. The topological polar surface area (TPSA) is 85.8 Å². The molecule has 1 aliphatic rings. The van der Waals surface area contributed by atoms with Crippen LogP contribution < -0.4 is 0 Å². The molecule has 1 aliphatic heterocycles. The highest BCUT2D eigenvalue weighted by molar-refractivity contribution is 5.92. The number of carbonyl (C=O) groups excluding carboxylic acids is 2. The van der Waals surface area contributed by atoms with Crippen LogP contribution in [-0.4, -0.2) is 35.0 Å². The van der Waals surface area contributed by atoms with Crippen molar-refractivity contribution >= 4 is 18.0 Å². The first-order valence-electron chi connectivity index (χ1n) is 9.87. The average Bonchev–Trinajstić information content (AvgIpc) is 3.48. The predicted octanol–water partition coefficient (Wildman–Crippen LogP) is 3.93. The third kappa shape index (κ3) is 4.86. The Balaban J connectivity index is 1.22. The van der Waals surface area contributed by atoms with Crippen LogP contribution in [0.3, 0.4) is 0 Å². The molecule has 30 heavy (non-hydrogen) atoms. The van der Waals surface area contributed by atoms with Crippen molar-refractivity contribution in [3.8, 4) is 11.5 Å². The predicted molar refractivity (Wildman–Crippen MR) is 109 cm³/mol. The third-order valence-electron chi connectivity index (χ3n) is 5.04. The quantitative estimate of drug-likeness (QED) is 0.455. The van der Waals surface area contributed by atoms with Crippen molar-refractivity contribution in [1.82, 2.24) is 10.1 Å². The Kier molecular flexibility index (Phi) is 6.08. The molecule has 0 unspecified atom stereocenters. The van der Waals surface area contributed by atoms with Crippen molar-refractivity contribution in [2.24, 2.45) is 5.92 Å². The van der Waals surface area contributed by atoms with Gasteiger partial charge in [-0.3, -0.25) is 9.59 Å². The lowest BCUT2D eigenvalue weighted by Crippen LogP contribution is -2.39. The smallest absolute Gasteiger partial charge is 0.309 e. The maximum atomic E-state index is 12.4. The maximum Gasteiger partial charge on any atom is 0.309 e. The molecule has 7 heteroatoms. The summed E-state index contributed by atoms with van der Waals surface area (Å²) in [6.45, 7) is 1.11. The van der Waals surface area contributed by atoms with Gasteiger partial charge in [-0.15, -0.1) is 0 Å². The molecule has 7 nitrogen and oxygen atoms in total. The van der Waals surface area contributed by atoms with Gasteiger partial charge in [-0.2, -0.15) is 0 Å². The fourth-order valence-electron chi connectivity index (χ4n) is 3.35. The summed E-state index contributed by atoms with van der Waals surface area (Å²) < 4.78 is 15.8. The lowest BCUT2D eigenvalue weighted by molar-refractivity contribution is -0.152. The van der Waals surface area contributed by atoms with E-state index in [0.29, 0.717) is 43.1 Å².